The molecule has 1 aromatic carbocycles. The van der Waals surface area contributed by atoms with Gasteiger partial charge in [-0.3, -0.25) is 4.79 Å². The van der Waals surface area contributed by atoms with Crippen LogP contribution in [0.25, 0.3) is 0 Å². The molecule has 18 heavy (non-hydrogen) atoms. The van der Waals surface area contributed by atoms with Crippen LogP contribution in [0.3, 0.4) is 0 Å². The van der Waals surface area contributed by atoms with Crippen LogP contribution in [0, 0.1) is 0 Å². The summed E-state index contributed by atoms with van der Waals surface area (Å²) in [7, 11) is 0. The molecular weight excluding hydrogens is 248 g/mol. The number of aliphatic hydroxyl groups excluding tert-OH is 1. The number of unbranched alkanes of at least 4 members (excludes halogenated alkanes) is 2. The maximum absolute atomic E-state index is 11.4. The Hall–Kier alpha value is -1.00. The van der Waals surface area contributed by atoms with E-state index in [4.69, 9.17) is 9.84 Å². The highest BCUT2D eigenvalue weighted by molar-refractivity contribution is 7.80. The van der Waals surface area contributed by atoms with E-state index >= 15 is 0 Å². The summed E-state index contributed by atoms with van der Waals surface area (Å²) in [5.74, 6) is -0.162. The first-order valence-corrected chi connectivity index (χ1v) is 6.76. The molecule has 0 saturated heterocycles. The number of benzene rings is 1. The molecule has 0 amide bonds. The van der Waals surface area contributed by atoms with Crippen LogP contribution >= 0.6 is 12.6 Å². The first-order valence-electron chi connectivity index (χ1n) is 6.24. The average molecular weight is 268 g/mol. The lowest BCUT2D eigenvalue weighted by Gasteiger charge is -2.05. The molecule has 4 heteroatoms. The van der Waals surface area contributed by atoms with Crippen LogP contribution in [0.5, 0.6) is 0 Å². The fourth-order valence-corrected chi connectivity index (χ4v) is 1.77. The number of hydrogen-bond acceptors (Lipinski definition) is 4. The third-order valence-corrected chi connectivity index (χ3v) is 2.84. The molecule has 0 heterocycles. The zero-order valence-corrected chi connectivity index (χ0v) is 11.3. The Morgan fingerprint density at radius 2 is 1.94 bits per heavy atom. The maximum atomic E-state index is 11.4. The van der Waals surface area contributed by atoms with Crippen molar-refractivity contribution >= 4 is 18.6 Å². The zero-order valence-electron chi connectivity index (χ0n) is 10.4. The molecule has 1 rings (SSSR count). The van der Waals surface area contributed by atoms with Gasteiger partial charge in [-0.25, -0.2) is 0 Å². The molecule has 0 aliphatic heterocycles. The van der Waals surface area contributed by atoms with E-state index in [9.17, 15) is 4.79 Å². The van der Waals surface area contributed by atoms with E-state index < -0.39 is 5.44 Å². The molecule has 0 aliphatic rings. The van der Waals surface area contributed by atoms with Gasteiger partial charge in [-0.2, -0.15) is 0 Å². The number of ether oxygens (including phenoxy) is 1. The Balaban J connectivity index is 2.04. The van der Waals surface area contributed by atoms with Gasteiger partial charge in [-0.05, 0) is 18.4 Å². The highest BCUT2D eigenvalue weighted by atomic mass is 32.1. The summed E-state index contributed by atoms with van der Waals surface area (Å²) in [6.07, 6.45) is 3.71. The number of aliphatic hydroxyl groups is 1. The first kappa shape index (κ1) is 15.1. The van der Waals surface area contributed by atoms with Crippen LogP contribution in [0.1, 0.15) is 37.7 Å². The van der Waals surface area contributed by atoms with Gasteiger partial charge in [-0.1, -0.05) is 43.2 Å². The summed E-state index contributed by atoms with van der Waals surface area (Å²) in [5, 5.41) is 8.94. The maximum Gasteiger partial charge on any atom is 0.306 e. The van der Waals surface area contributed by atoms with Crippen LogP contribution in [0.2, 0.25) is 0 Å². The molecule has 3 nitrogen and oxygen atoms in total. The van der Waals surface area contributed by atoms with Crippen LogP contribution in [0.15, 0.2) is 30.3 Å². The molecule has 100 valence electrons. The van der Waals surface area contributed by atoms with Crippen molar-refractivity contribution in [1.29, 1.82) is 0 Å². The standard InChI is InChI=1S/C14H20O3S/c15-13(9-5-2-6-10-14(16)18)17-11-12-7-3-1-4-8-12/h1,3-4,7-8,14,16,18H,2,5-6,9-11H2. The van der Waals surface area contributed by atoms with E-state index in [1.807, 2.05) is 30.3 Å². The Labute approximate surface area is 114 Å². The van der Waals surface area contributed by atoms with E-state index in [0.717, 1.165) is 24.8 Å². The summed E-state index contributed by atoms with van der Waals surface area (Å²) in [6.45, 7) is 0.342. The molecular formula is C14H20O3S. The van der Waals surface area contributed by atoms with E-state index in [1.54, 1.807) is 0 Å². The van der Waals surface area contributed by atoms with Gasteiger partial charge in [0, 0.05) is 6.42 Å². The average Bonchev–Trinajstić information content (AvgIpc) is 2.37. The van der Waals surface area contributed by atoms with Crippen molar-refractivity contribution in [3.8, 4) is 0 Å². The van der Waals surface area contributed by atoms with Crippen molar-refractivity contribution in [3.05, 3.63) is 35.9 Å². The summed E-state index contributed by atoms with van der Waals surface area (Å²) in [5.41, 5.74) is 0.457. The van der Waals surface area contributed by atoms with Crippen LogP contribution in [-0.4, -0.2) is 16.5 Å². The fourth-order valence-electron chi connectivity index (χ4n) is 1.58. The van der Waals surface area contributed by atoms with E-state index in [0.29, 0.717) is 19.4 Å². The molecule has 0 radical (unpaired) electrons. The largest absolute Gasteiger partial charge is 0.461 e. The van der Waals surface area contributed by atoms with Gasteiger partial charge in [0.05, 0.1) is 5.44 Å². The predicted molar refractivity (Wildman–Crippen MR) is 74.3 cm³/mol. The third-order valence-electron chi connectivity index (χ3n) is 2.59. The lowest BCUT2D eigenvalue weighted by Crippen LogP contribution is -2.04. The lowest BCUT2D eigenvalue weighted by molar-refractivity contribution is -0.145. The van der Waals surface area contributed by atoms with Gasteiger partial charge in [0.1, 0.15) is 6.61 Å². The van der Waals surface area contributed by atoms with Crippen LogP contribution in [0.4, 0.5) is 0 Å². The minimum Gasteiger partial charge on any atom is -0.461 e. The number of esters is 1. The SMILES string of the molecule is O=C(CCCCCC(O)S)OCc1ccccc1. The molecule has 0 fully saturated rings. The minimum atomic E-state index is -0.546. The normalized spacial score (nSPS) is 12.1. The van der Waals surface area contributed by atoms with Crippen LogP contribution < -0.4 is 0 Å². The highest BCUT2D eigenvalue weighted by Crippen LogP contribution is 2.09. The van der Waals surface area contributed by atoms with Crippen molar-refractivity contribution in [3.63, 3.8) is 0 Å². The smallest absolute Gasteiger partial charge is 0.306 e. The molecule has 0 saturated carbocycles. The van der Waals surface area contributed by atoms with E-state index in [-0.39, 0.29) is 5.97 Å². The topological polar surface area (TPSA) is 46.5 Å². The highest BCUT2D eigenvalue weighted by Gasteiger charge is 2.03. The van der Waals surface area contributed by atoms with Gasteiger partial charge >= 0.3 is 5.97 Å². The molecule has 1 aromatic rings. The van der Waals surface area contributed by atoms with Gasteiger partial charge in [0.25, 0.3) is 0 Å². The van der Waals surface area contributed by atoms with Gasteiger partial charge in [-0.15, -0.1) is 12.6 Å². The molecule has 0 spiro atoms. The van der Waals surface area contributed by atoms with Gasteiger partial charge in [0.2, 0.25) is 0 Å². The fraction of sp³-hybridized carbons (Fsp3) is 0.500. The number of carbonyl (C=O) groups excluding carboxylic acids is 1. The second-order valence-corrected chi connectivity index (χ2v) is 4.82. The summed E-state index contributed by atoms with van der Waals surface area (Å²) in [4.78, 5) is 11.4. The Morgan fingerprint density at radius 1 is 1.22 bits per heavy atom. The van der Waals surface area contributed by atoms with Gasteiger partial charge < -0.3 is 9.84 Å². The Bertz CT molecular complexity index is 338. The second kappa shape index (κ2) is 9.00. The molecule has 1 unspecified atom stereocenters. The number of carbonyl (C=O) groups is 1. The lowest BCUT2D eigenvalue weighted by atomic mass is 10.1. The number of hydrogen-bond donors (Lipinski definition) is 2. The molecule has 1 atom stereocenters. The molecule has 0 aromatic heterocycles. The Morgan fingerprint density at radius 3 is 2.61 bits per heavy atom. The summed E-state index contributed by atoms with van der Waals surface area (Å²) in [6, 6.07) is 9.64. The summed E-state index contributed by atoms with van der Waals surface area (Å²) < 4.78 is 5.15. The van der Waals surface area contributed by atoms with E-state index in [2.05, 4.69) is 12.6 Å². The van der Waals surface area contributed by atoms with Crippen molar-refractivity contribution in [2.45, 2.75) is 44.1 Å². The zero-order chi connectivity index (χ0) is 13.2. The number of thiol groups is 1. The van der Waals surface area contributed by atoms with Crippen molar-refractivity contribution in [1.82, 2.24) is 0 Å². The van der Waals surface area contributed by atoms with Gasteiger partial charge in [0.15, 0.2) is 0 Å². The summed E-state index contributed by atoms with van der Waals surface area (Å²) >= 11 is 3.88. The van der Waals surface area contributed by atoms with Crippen molar-refractivity contribution in [2.24, 2.45) is 0 Å². The quantitative estimate of drug-likeness (QED) is 0.330. The van der Waals surface area contributed by atoms with Crippen molar-refractivity contribution < 1.29 is 14.6 Å². The Kier molecular flexibility index (Phi) is 7.53. The molecule has 0 bridgehead atoms. The molecule has 0 aliphatic carbocycles. The number of rotatable bonds is 8. The van der Waals surface area contributed by atoms with Crippen molar-refractivity contribution in [2.75, 3.05) is 0 Å². The third kappa shape index (κ3) is 7.35. The second-order valence-electron chi connectivity index (χ2n) is 4.23. The minimum absolute atomic E-state index is 0.162. The molecule has 1 N–H and O–H groups in total. The first-order chi connectivity index (χ1) is 8.68. The van der Waals surface area contributed by atoms with E-state index in [1.165, 1.54) is 0 Å². The monoisotopic (exact) mass is 268 g/mol. The predicted octanol–water partition coefficient (Wildman–Crippen LogP) is 2.93. The van der Waals surface area contributed by atoms with Crippen LogP contribution in [-0.2, 0) is 16.1 Å².